The summed E-state index contributed by atoms with van der Waals surface area (Å²) in [5.41, 5.74) is -47.8. The fourth-order valence-electron chi connectivity index (χ4n) is 3.58. The van der Waals surface area contributed by atoms with E-state index in [1.54, 1.807) is 0 Å². The van der Waals surface area contributed by atoms with E-state index in [-0.39, 0.29) is 0 Å². The fraction of sp³-hybridized carbons (Fsp3) is 1.00. The van der Waals surface area contributed by atoms with Crippen LogP contribution in [0.3, 0.4) is 0 Å². The molecule has 0 aliphatic carbocycles. The van der Waals surface area contributed by atoms with Crippen molar-refractivity contribution in [3.05, 3.63) is 0 Å². The molecule has 0 saturated heterocycles. The zero-order valence-electron chi connectivity index (χ0n) is 22.4. The SMILES string of the molecule is FC(F)(F)C(F)(F)C(F)(F)C(F)(F)P(Cl)(C(F)(F)C(F)(F)C(F)(F)C(F)(F)F)(C(F)(F)C(F)(F)C(F)(F)C(F)(F)F)C(F)(F)C(F)(F)C(F)(F)C(F)(F)F. The average Bonchev–Trinajstić information content (AvgIpc) is 2.88. The molecule has 328 valence electrons. The maximum absolute atomic E-state index is 16.4. The minimum absolute atomic E-state index is 2.73. The molecule has 0 aromatic heterocycles. The fourth-order valence-corrected chi connectivity index (χ4v) is 9.64. The Morgan fingerprint density at radius 2 is 0.278 bits per heavy atom. The Morgan fingerprint density at radius 3 is 0.352 bits per heavy atom. The van der Waals surface area contributed by atoms with Crippen LogP contribution >= 0.6 is 17.2 Å². The van der Waals surface area contributed by atoms with Gasteiger partial charge in [0.05, 0.1) is 0 Å². The normalized spacial score (nSPS) is 18.1. The van der Waals surface area contributed by atoms with Crippen molar-refractivity contribution < 1.29 is 158 Å². The molecule has 0 fully saturated rings. The molecule has 0 aromatic rings. The van der Waals surface area contributed by atoms with E-state index in [1.165, 1.54) is 0 Å². The van der Waals surface area contributed by atoms with Crippen molar-refractivity contribution in [1.29, 1.82) is 0 Å². The minimum atomic E-state index is -16.4. The van der Waals surface area contributed by atoms with Gasteiger partial charge >= 0.3 is 270 Å². The zero-order chi connectivity index (χ0) is 45.4. The Labute approximate surface area is 271 Å². The summed E-state index contributed by atoms with van der Waals surface area (Å²) in [6, 6.07) is 0. The Balaban J connectivity index is 10.7. The molecule has 54 heavy (non-hydrogen) atoms. The van der Waals surface area contributed by atoms with Gasteiger partial charge in [-0.25, -0.2) is 0 Å². The summed E-state index contributed by atoms with van der Waals surface area (Å²) in [6.45, 7) is 0. The molecule has 0 saturated carbocycles. The van der Waals surface area contributed by atoms with E-state index in [2.05, 4.69) is 11.2 Å². The van der Waals surface area contributed by atoms with Gasteiger partial charge in [-0.1, -0.05) is 0 Å². The molecule has 0 bridgehead atoms. The second kappa shape index (κ2) is 11.9. The maximum atomic E-state index is 15.2. The molecule has 0 N–H and O–H groups in total. The quantitative estimate of drug-likeness (QED) is 0.135. The van der Waals surface area contributed by atoms with Crippen molar-refractivity contribution in [2.24, 2.45) is 0 Å². The first-order chi connectivity index (χ1) is 22.3. The summed E-state index contributed by atoms with van der Waals surface area (Å²) < 4.78 is 496. The van der Waals surface area contributed by atoms with Crippen molar-refractivity contribution in [3.63, 3.8) is 0 Å². The number of rotatable bonds is 12. The van der Waals surface area contributed by atoms with Crippen molar-refractivity contribution in [1.82, 2.24) is 0 Å². The third-order valence-corrected chi connectivity index (χ3v) is 14.5. The average molecular weight is 943 g/mol. The van der Waals surface area contributed by atoms with Gasteiger partial charge in [0.15, 0.2) is 0 Å². The molecule has 0 spiro atoms. The van der Waals surface area contributed by atoms with E-state index < -0.39 is 101 Å². The van der Waals surface area contributed by atoms with Crippen LogP contribution in [0.1, 0.15) is 0 Å². The Hall–Kier alpha value is -1.80. The van der Waals surface area contributed by atoms with E-state index in [4.69, 9.17) is 0 Å². The molecule has 0 atom stereocenters. The molecule has 38 heteroatoms. The molecule has 0 radical (unpaired) electrons. The Morgan fingerprint density at radius 1 is 0.185 bits per heavy atom. The first kappa shape index (κ1) is 52.2. The predicted octanol–water partition coefficient (Wildman–Crippen LogP) is 13.4. The monoisotopic (exact) mass is 942 g/mol. The summed E-state index contributed by atoms with van der Waals surface area (Å²) in [7, 11) is 0. The second-order valence-electron chi connectivity index (χ2n) is 9.76. The second-order valence-corrected chi connectivity index (χ2v) is 16.1. The molecule has 0 unspecified atom stereocenters. The molecule has 0 aliphatic heterocycles. The van der Waals surface area contributed by atoms with Crippen molar-refractivity contribution in [3.8, 4) is 0 Å². The first-order valence-corrected chi connectivity index (χ1v) is 14.0. The third kappa shape index (κ3) is 5.11. The van der Waals surface area contributed by atoms with Gasteiger partial charge in [-0.05, 0) is 0 Å². The van der Waals surface area contributed by atoms with Crippen LogP contribution in [-0.4, -0.2) is 94.7 Å². The summed E-state index contributed by atoms with van der Waals surface area (Å²) in [4.78, 5) is 0. The van der Waals surface area contributed by atoms with E-state index >= 15 is 35.1 Å². The van der Waals surface area contributed by atoms with Crippen molar-refractivity contribution >= 4 is 17.2 Å². The molecular weight excluding hydrogens is 943 g/mol. The standard InChI is InChI=1S/C16ClF36P/c17-54(13(46,47)5(26,27)1(18,19)9(34,35)36,14(48,49)6(28,29)2(20,21)10(37,38)39,15(50,51)7(30,31)3(22,23)11(40,41)42)16(52,53)8(32,33)4(24,25)12(43,44)45. The van der Waals surface area contributed by atoms with E-state index in [9.17, 15) is 123 Å². The van der Waals surface area contributed by atoms with E-state index in [0.717, 1.165) is 0 Å². The molecule has 0 aliphatic rings. The van der Waals surface area contributed by atoms with Crippen LogP contribution in [-0.2, 0) is 0 Å². The zero-order valence-corrected chi connectivity index (χ0v) is 24.1. The molecule has 0 rings (SSSR count). The topological polar surface area (TPSA) is 0 Å². The van der Waals surface area contributed by atoms with E-state index in [0.29, 0.717) is 0 Å². The molecule has 0 nitrogen and oxygen atoms in total. The number of alkyl halides is 36. The van der Waals surface area contributed by atoms with Crippen LogP contribution in [0.4, 0.5) is 158 Å². The molecular formula is C16ClF36P. The summed E-state index contributed by atoms with van der Waals surface area (Å²) in [6.07, 6.45) is -37.3. The van der Waals surface area contributed by atoms with Crippen LogP contribution < -0.4 is 0 Å². The Kier molecular flexibility index (Phi) is 11.5. The van der Waals surface area contributed by atoms with Gasteiger partial charge in [0.25, 0.3) is 0 Å². The number of hydrogen-bond donors (Lipinski definition) is 0. The van der Waals surface area contributed by atoms with Gasteiger partial charge in [0, 0.05) is 0 Å². The summed E-state index contributed by atoms with van der Waals surface area (Å²) in [5.74, 6) is -101. The van der Waals surface area contributed by atoms with Gasteiger partial charge in [-0.2, -0.15) is 0 Å². The number of hydrogen-bond acceptors (Lipinski definition) is 0. The first-order valence-electron chi connectivity index (χ1n) is 10.9. The molecule has 0 aromatic carbocycles. The van der Waals surface area contributed by atoms with E-state index in [1.807, 2.05) is 0 Å². The van der Waals surface area contributed by atoms with Gasteiger partial charge in [0.1, 0.15) is 0 Å². The number of halogens is 37. The van der Waals surface area contributed by atoms with Gasteiger partial charge < -0.3 is 0 Å². The molecule has 0 heterocycles. The summed E-state index contributed by atoms with van der Waals surface area (Å²) >= 11 is 2.73. The van der Waals surface area contributed by atoms with Gasteiger partial charge in [0.2, 0.25) is 0 Å². The van der Waals surface area contributed by atoms with Crippen LogP contribution in [0, 0.1) is 0 Å². The molecule has 0 amide bonds. The van der Waals surface area contributed by atoms with Gasteiger partial charge in [-0.3, -0.25) is 0 Å². The van der Waals surface area contributed by atoms with Crippen LogP contribution in [0.2, 0.25) is 0 Å². The predicted molar refractivity (Wildman–Crippen MR) is 96.4 cm³/mol. The van der Waals surface area contributed by atoms with Crippen LogP contribution in [0.15, 0.2) is 0 Å². The van der Waals surface area contributed by atoms with Crippen LogP contribution in [0.25, 0.3) is 0 Å². The van der Waals surface area contributed by atoms with Gasteiger partial charge in [-0.15, -0.1) is 0 Å². The van der Waals surface area contributed by atoms with Crippen LogP contribution in [0.5, 0.6) is 0 Å². The summed E-state index contributed by atoms with van der Waals surface area (Å²) in [5, 5.41) is 0. The Bertz CT molecular complexity index is 1190. The third-order valence-electron chi connectivity index (χ3n) is 6.62. The van der Waals surface area contributed by atoms with Crippen molar-refractivity contribution in [2.75, 3.05) is 0 Å². The van der Waals surface area contributed by atoms with Crippen molar-refractivity contribution in [2.45, 2.75) is 94.7 Å².